The molecule has 15 heavy (non-hydrogen) atoms. The van der Waals surface area contributed by atoms with Gasteiger partial charge in [-0.3, -0.25) is 0 Å². The van der Waals surface area contributed by atoms with Crippen molar-refractivity contribution in [3.8, 4) is 0 Å². The number of rotatable bonds is 4. The van der Waals surface area contributed by atoms with Gasteiger partial charge in [0.05, 0.1) is 6.04 Å². The number of ether oxygens (including phenoxy) is 1. The predicted octanol–water partition coefficient (Wildman–Crippen LogP) is 2.12. The molecule has 4 heteroatoms. The lowest BCUT2D eigenvalue weighted by atomic mass is 10.1. The smallest absolute Gasteiger partial charge is 0.408 e. The maximum absolute atomic E-state index is 11.3. The van der Waals surface area contributed by atoms with Crippen LogP contribution in [0.25, 0.3) is 0 Å². The Balaban J connectivity index is 4.08. The van der Waals surface area contributed by atoms with E-state index in [9.17, 15) is 9.59 Å². The number of carbonyl (C=O) groups is 2. The molecule has 0 aromatic heterocycles. The zero-order valence-corrected chi connectivity index (χ0v) is 10.2. The van der Waals surface area contributed by atoms with Crippen LogP contribution in [0, 0.1) is 5.92 Å². The molecular formula is C11H21NO3. The van der Waals surface area contributed by atoms with Crippen molar-refractivity contribution in [2.24, 2.45) is 5.92 Å². The molecule has 4 nitrogen and oxygen atoms in total. The molecule has 0 aromatic carbocycles. The number of carbonyl (C=O) groups excluding carboxylic acids is 2. The lowest BCUT2D eigenvalue weighted by molar-refractivity contribution is -0.110. The Morgan fingerprint density at radius 2 is 1.93 bits per heavy atom. The van der Waals surface area contributed by atoms with Crippen LogP contribution in [-0.4, -0.2) is 24.0 Å². The normalized spacial score (nSPS) is 13.5. The number of hydrogen-bond acceptors (Lipinski definition) is 3. The number of alkyl carbamates (subject to hydrolysis) is 1. The summed E-state index contributed by atoms with van der Waals surface area (Å²) >= 11 is 0. The van der Waals surface area contributed by atoms with Gasteiger partial charge in [0.1, 0.15) is 11.9 Å². The largest absolute Gasteiger partial charge is 0.444 e. The summed E-state index contributed by atoms with van der Waals surface area (Å²) < 4.78 is 5.04. The third kappa shape index (κ3) is 7.97. The second kappa shape index (κ2) is 5.73. The summed E-state index contributed by atoms with van der Waals surface area (Å²) in [5, 5.41) is 2.53. The van der Waals surface area contributed by atoms with Crippen LogP contribution < -0.4 is 5.32 Å². The van der Waals surface area contributed by atoms with E-state index < -0.39 is 17.7 Å². The summed E-state index contributed by atoms with van der Waals surface area (Å²) in [5.41, 5.74) is -0.532. The van der Waals surface area contributed by atoms with Gasteiger partial charge in [-0.05, 0) is 33.1 Å². The van der Waals surface area contributed by atoms with Crippen LogP contribution in [0.5, 0.6) is 0 Å². The number of aldehydes is 1. The molecule has 0 heterocycles. The fourth-order valence-electron chi connectivity index (χ4n) is 1.12. The highest BCUT2D eigenvalue weighted by Crippen LogP contribution is 2.08. The molecule has 0 aliphatic carbocycles. The number of hydrogen-bond donors (Lipinski definition) is 1. The molecule has 0 aromatic rings. The Bertz CT molecular complexity index is 218. The first kappa shape index (κ1) is 13.9. The van der Waals surface area contributed by atoms with Crippen molar-refractivity contribution in [3.05, 3.63) is 0 Å². The summed E-state index contributed by atoms with van der Waals surface area (Å²) in [7, 11) is 0. The molecule has 0 fully saturated rings. The summed E-state index contributed by atoms with van der Waals surface area (Å²) in [6.07, 6.45) is 0.826. The molecule has 0 saturated carbocycles. The fraction of sp³-hybridized carbons (Fsp3) is 0.818. The molecule has 1 atom stereocenters. The summed E-state index contributed by atoms with van der Waals surface area (Å²) in [6, 6.07) is -0.458. The van der Waals surface area contributed by atoms with Gasteiger partial charge < -0.3 is 14.8 Å². The zero-order chi connectivity index (χ0) is 12.1. The fourth-order valence-corrected chi connectivity index (χ4v) is 1.12. The highest BCUT2D eigenvalue weighted by atomic mass is 16.6. The third-order valence-electron chi connectivity index (χ3n) is 1.59. The Labute approximate surface area is 91.4 Å². The van der Waals surface area contributed by atoms with Gasteiger partial charge in [-0.15, -0.1) is 0 Å². The van der Waals surface area contributed by atoms with Crippen molar-refractivity contribution >= 4 is 12.4 Å². The van der Waals surface area contributed by atoms with E-state index in [-0.39, 0.29) is 0 Å². The van der Waals surface area contributed by atoms with Gasteiger partial charge >= 0.3 is 6.09 Å². The van der Waals surface area contributed by atoms with Crippen LogP contribution in [0.1, 0.15) is 41.0 Å². The first-order valence-corrected chi connectivity index (χ1v) is 5.19. The first-order chi connectivity index (χ1) is 6.74. The molecular weight excluding hydrogens is 195 g/mol. The predicted molar refractivity (Wildman–Crippen MR) is 58.7 cm³/mol. The van der Waals surface area contributed by atoms with Crippen LogP contribution in [0.3, 0.4) is 0 Å². The number of amides is 1. The van der Waals surface area contributed by atoms with Crippen LogP contribution in [0.2, 0.25) is 0 Å². The lowest BCUT2D eigenvalue weighted by Gasteiger charge is -2.22. The molecule has 0 rings (SSSR count). The molecule has 0 aliphatic heterocycles. The minimum absolute atomic E-state index is 0.357. The highest BCUT2D eigenvalue weighted by Gasteiger charge is 2.19. The maximum atomic E-state index is 11.3. The Morgan fingerprint density at radius 3 is 2.27 bits per heavy atom. The first-order valence-electron chi connectivity index (χ1n) is 5.19. The van der Waals surface area contributed by atoms with Gasteiger partial charge in [0, 0.05) is 0 Å². The molecule has 88 valence electrons. The SMILES string of the molecule is CC(C)C[C@@H]([13CH]=O)NC(=O)OC(C)(C)C. The van der Waals surface area contributed by atoms with Gasteiger partial charge in [0.2, 0.25) is 0 Å². The van der Waals surface area contributed by atoms with E-state index in [0.29, 0.717) is 12.3 Å². The van der Waals surface area contributed by atoms with Gasteiger partial charge in [0.15, 0.2) is 0 Å². The van der Waals surface area contributed by atoms with Crippen molar-refractivity contribution in [2.45, 2.75) is 52.7 Å². The molecule has 1 amide bonds. The Kier molecular flexibility index (Phi) is 5.33. The van der Waals surface area contributed by atoms with Gasteiger partial charge in [0.25, 0.3) is 0 Å². The summed E-state index contributed by atoms with van der Waals surface area (Å²) in [6.45, 7) is 9.33. The van der Waals surface area contributed by atoms with Crippen molar-refractivity contribution in [2.75, 3.05) is 0 Å². The van der Waals surface area contributed by atoms with Gasteiger partial charge in [-0.2, -0.15) is 0 Å². The van der Waals surface area contributed by atoms with Crippen LogP contribution in [0.15, 0.2) is 0 Å². The number of nitrogens with one attached hydrogen (secondary N) is 1. The van der Waals surface area contributed by atoms with Crippen LogP contribution >= 0.6 is 0 Å². The summed E-state index contributed by atoms with van der Waals surface area (Å²) in [5.74, 6) is 0.357. The molecule has 0 spiro atoms. The van der Waals surface area contributed by atoms with Crippen LogP contribution in [-0.2, 0) is 9.53 Å². The third-order valence-corrected chi connectivity index (χ3v) is 1.59. The second-order valence-corrected chi connectivity index (χ2v) is 5.02. The average molecular weight is 216 g/mol. The minimum atomic E-state index is -0.541. The monoisotopic (exact) mass is 216 g/mol. The molecule has 1 N–H and O–H groups in total. The highest BCUT2D eigenvalue weighted by molar-refractivity contribution is 5.73. The maximum Gasteiger partial charge on any atom is 0.408 e. The van der Waals surface area contributed by atoms with E-state index >= 15 is 0 Å². The van der Waals surface area contributed by atoms with E-state index in [1.807, 2.05) is 13.8 Å². The van der Waals surface area contributed by atoms with E-state index in [0.717, 1.165) is 6.29 Å². The molecule has 0 aliphatic rings. The molecule has 0 unspecified atom stereocenters. The Morgan fingerprint density at radius 1 is 1.40 bits per heavy atom. The van der Waals surface area contributed by atoms with Crippen molar-refractivity contribution < 1.29 is 14.3 Å². The standard InChI is InChI=1S/C11H21NO3/c1-8(2)6-9(7-13)12-10(14)15-11(3,4)5/h7-9H,6H2,1-5H3,(H,12,14)/t9-/m0/s1/i7+1. The lowest BCUT2D eigenvalue weighted by Crippen LogP contribution is -2.40. The van der Waals surface area contributed by atoms with Crippen LogP contribution in [0.4, 0.5) is 4.79 Å². The van der Waals surface area contributed by atoms with E-state index in [1.54, 1.807) is 20.8 Å². The Hall–Kier alpha value is -1.06. The zero-order valence-electron chi connectivity index (χ0n) is 10.2. The van der Waals surface area contributed by atoms with E-state index in [2.05, 4.69) is 5.32 Å². The molecule has 0 radical (unpaired) electrons. The molecule has 0 saturated heterocycles. The average Bonchev–Trinajstić information content (AvgIpc) is 1.98. The quantitative estimate of drug-likeness (QED) is 0.578. The summed E-state index contributed by atoms with van der Waals surface area (Å²) in [4.78, 5) is 22.0. The van der Waals surface area contributed by atoms with E-state index in [1.165, 1.54) is 0 Å². The topological polar surface area (TPSA) is 55.4 Å². The van der Waals surface area contributed by atoms with Gasteiger partial charge in [-0.25, -0.2) is 4.79 Å². The van der Waals surface area contributed by atoms with Crippen molar-refractivity contribution in [1.29, 1.82) is 0 Å². The second-order valence-electron chi connectivity index (χ2n) is 5.02. The van der Waals surface area contributed by atoms with Crippen molar-refractivity contribution in [1.82, 2.24) is 5.32 Å². The van der Waals surface area contributed by atoms with Crippen molar-refractivity contribution in [3.63, 3.8) is 0 Å². The van der Waals surface area contributed by atoms with E-state index in [4.69, 9.17) is 4.74 Å². The van der Waals surface area contributed by atoms with Gasteiger partial charge in [-0.1, -0.05) is 13.8 Å². The minimum Gasteiger partial charge on any atom is -0.444 e. The molecule has 0 bridgehead atoms.